The Balaban J connectivity index is 1.45. The van der Waals surface area contributed by atoms with Gasteiger partial charge in [0.2, 0.25) is 0 Å². The van der Waals surface area contributed by atoms with E-state index in [0.717, 1.165) is 36.2 Å². The van der Waals surface area contributed by atoms with Crippen LogP contribution in [0.15, 0.2) is 29.1 Å². The fraction of sp³-hybridized carbons (Fsp3) is 0.533. The number of halogens is 1. The van der Waals surface area contributed by atoms with Crippen LogP contribution in [0.25, 0.3) is 0 Å². The molecule has 0 amide bonds. The third kappa shape index (κ3) is 2.69. The van der Waals surface area contributed by atoms with Crippen molar-refractivity contribution in [1.82, 2.24) is 19.7 Å². The van der Waals surface area contributed by atoms with Crippen LogP contribution in [0.1, 0.15) is 43.5 Å². The molecule has 0 radical (unpaired) electrons. The summed E-state index contributed by atoms with van der Waals surface area (Å²) in [4.78, 5) is 6.83. The van der Waals surface area contributed by atoms with Crippen LogP contribution in [0, 0.1) is 0 Å². The first-order valence-electron chi connectivity index (χ1n) is 7.57. The highest BCUT2D eigenvalue weighted by Crippen LogP contribution is 2.38. The van der Waals surface area contributed by atoms with Crippen LogP contribution in [0.2, 0.25) is 0 Å². The fourth-order valence-corrected chi connectivity index (χ4v) is 3.43. The van der Waals surface area contributed by atoms with Gasteiger partial charge in [0.1, 0.15) is 18.0 Å². The lowest BCUT2D eigenvalue weighted by atomic mass is 9.96. The van der Waals surface area contributed by atoms with Crippen molar-refractivity contribution >= 4 is 21.7 Å². The zero-order valence-corrected chi connectivity index (χ0v) is 13.4. The highest BCUT2D eigenvalue weighted by Gasteiger charge is 2.31. The third-order valence-electron chi connectivity index (χ3n) is 4.43. The molecule has 1 saturated carbocycles. The zero-order valence-electron chi connectivity index (χ0n) is 11.8. The van der Waals surface area contributed by atoms with Gasteiger partial charge in [-0.1, -0.05) is 15.9 Å². The van der Waals surface area contributed by atoms with Crippen LogP contribution in [-0.4, -0.2) is 32.8 Å². The molecular formula is C15H18BrN5. The van der Waals surface area contributed by atoms with Crippen molar-refractivity contribution < 1.29 is 0 Å². The van der Waals surface area contributed by atoms with Gasteiger partial charge >= 0.3 is 0 Å². The number of hydrogen-bond acceptors (Lipinski definition) is 4. The first-order chi connectivity index (χ1) is 10.3. The molecule has 1 saturated heterocycles. The molecule has 0 atom stereocenters. The number of hydrogen-bond donors (Lipinski definition) is 0. The summed E-state index contributed by atoms with van der Waals surface area (Å²) in [6, 6.07) is 4.72. The maximum absolute atomic E-state index is 4.47. The van der Waals surface area contributed by atoms with Crippen molar-refractivity contribution in [3.63, 3.8) is 0 Å². The van der Waals surface area contributed by atoms with E-state index in [1.807, 2.05) is 18.6 Å². The Morgan fingerprint density at radius 2 is 1.95 bits per heavy atom. The van der Waals surface area contributed by atoms with Crippen molar-refractivity contribution in [3.05, 3.63) is 35.0 Å². The van der Waals surface area contributed by atoms with Gasteiger partial charge in [0, 0.05) is 35.7 Å². The van der Waals surface area contributed by atoms with Crippen molar-refractivity contribution in [2.45, 2.75) is 37.6 Å². The first kappa shape index (κ1) is 13.2. The van der Waals surface area contributed by atoms with E-state index in [2.05, 4.69) is 46.6 Å². The molecule has 0 N–H and O–H groups in total. The highest BCUT2D eigenvalue weighted by molar-refractivity contribution is 9.10. The second-order valence-corrected chi connectivity index (χ2v) is 6.84. The maximum Gasteiger partial charge on any atom is 0.136 e. The first-order valence-corrected chi connectivity index (χ1v) is 8.36. The minimum Gasteiger partial charge on any atom is -0.357 e. The number of aromatic nitrogens is 4. The van der Waals surface area contributed by atoms with Crippen molar-refractivity contribution in [1.29, 1.82) is 0 Å². The molecule has 4 rings (SSSR count). The van der Waals surface area contributed by atoms with Gasteiger partial charge in [0.05, 0.1) is 0 Å². The molecule has 0 bridgehead atoms. The lowest BCUT2D eigenvalue weighted by Crippen LogP contribution is -2.34. The van der Waals surface area contributed by atoms with Gasteiger partial charge in [-0.25, -0.2) is 4.98 Å². The summed E-state index contributed by atoms with van der Waals surface area (Å²) in [5.74, 6) is 2.79. The summed E-state index contributed by atoms with van der Waals surface area (Å²) in [5.41, 5.74) is 0. The van der Waals surface area contributed by atoms with Gasteiger partial charge in [0.15, 0.2) is 0 Å². The lowest BCUT2D eigenvalue weighted by molar-refractivity contribution is 0.463. The van der Waals surface area contributed by atoms with E-state index in [0.29, 0.717) is 12.0 Å². The lowest BCUT2D eigenvalue weighted by Gasteiger charge is -2.32. The predicted molar refractivity (Wildman–Crippen MR) is 84.4 cm³/mol. The summed E-state index contributed by atoms with van der Waals surface area (Å²) in [6.45, 7) is 2.07. The summed E-state index contributed by atoms with van der Waals surface area (Å²) in [7, 11) is 0. The zero-order chi connectivity index (χ0) is 14.2. The molecule has 0 unspecified atom stereocenters. The Bertz CT molecular complexity index is 628. The maximum atomic E-state index is 4.47. The van der Waals surface area contributed by atoms with Gasteiger partial charge in [0.25, 0.3) is 0 Å². The minimum absolute atomic E-state index is 0.538. The Kier molecular flexibility index (Phi) is 3.41. The van der Waals surface area contributed by atoms with Crippen LogP contribution in [0.5, 0.6) is 0 Å². The molecule has 2 aromatic heterocycles. The number of nitrogens with zero attached hydrogens (tertiary/aromatic N) is 5. The standard InChI is InChI=1S/C15H18BrN5/c16-12-3-6-17-14(9-12)20-7-4-11(5-8-20)15-19-18-10-21(15)13-1-2-13/h3,6,9-11,13H,1-2,4-5,7-8H2. The minimum atomic E-state index is 0.538. The van der Waals surface area contributed by atoms with Gasteiger partial charge in [-0.05, 0) is 37.8 Å². The average molecular weight is 348 g/mol. The van der Waals surface area contributed by atoms with Gasteiger partial charge < -0.3 is 9.47 Å². The van der Waals surface area contributed by atoms with Gasteiger partial charge in [-0.3, -0.25) is 0 Å². The highest BCUT2D eigenvalue weighted by atomic mass is 79.9. The molecule has 1 aliphatic carbocycles. The van der Waals surface area contributed by atoms with E-state index in [9.17, 15) is 0 Å². The summed E-state index contributed by atoms with van der Waals surface area (Å²) in [6.07, 6.45) is 8.58. The number of anilines is 1. The smallest absolute Gasteiger partial charge is 0.136 e. The second kappa shape index (κ2) is 5.40. The molecule has 2 aliphatic rings. The van der Waals surface area contributed by atoms with Crippen molar-refractivity contribution in [3.8, 4) is 0 Å². The second-order valence-electron chi connectivity index (χ2n) is 5.92. The normalized spacial score (nSPS) is 20.0. The van der Waals surface area contributed by atoms with Gasteiger partial charge in [-0.2, -0.15) is 0 Å². The molecule has 110 valence electrons. The number of piperidine rings is 1. The summed E-state index contributed by atoms with van der Waals surface area (Å²) >= 11 is 3.52. The van der Waals surface area contributed by atoms with Crippen LogP contribution in [0.3, 0.4) is 0 Å². The molecule has 0 spiro atoms. The Morgan fingerprint density at radius 1 is 1.14 bits per heavy atom. The van der Waals surface area contributed by atoms with E-state index in [1.54, 1.807) is 0 Å². The summed E-state index contributed by atoms with van der Waals surface area (Å²) in [5, 5.41) is 8.51. The molecular weight excluding hydrogens is 330 g/mol. The van der Waals surface area contributed by atoms with Crippen molar-refractivity contribution in [2.24, 2.45) is 0 Å². The number of rotatable bonds is 3. The molecule has 3 heterocycles. The molecule has 6 heteroatoms. The molecule has 21 heavy (non-hydrogen) atoms. The molecule has 2 fully saturated rings. The Hall–Kier alpha value is -1.43. The molecule has 1 aliphatic heterocycles. The van der Waals surface area contributed by atoms with Gasteiger partial charge in [-0.15, -0.1) is 10.2 Å². The summed E-state index contributed by atoms with van der Waals surface area (Å²) < 4.78 is 3.39. The van der Waals surface area contributed by atoms with E-state index in [1.165, 1.54) is 18.7 Å². The van der Waals surface area contributed by atoms with Crippen LogP contribution in [0.4, 0.5) is 5.82 Å². The van der Waals surface area contributed by atoms with E-state index in [-0.39, 0.29) is 0 Å². The topological polar surface area (TPSA) is 46.8 Å². The fourth-order valence-electron chi connectivity index (χ4n) is 3.11. The monoisotopic (exact) mass is 347 g/mol. The van der Waals surface area contributed by atoms with E-state index >= 15 is 0 Å². The molecule has 5 nitrogen and oxygen atoms in total. The van der Waals surface area contributed by atoms with Crippen molar-refractivity contribution in [2.75, 3.05) is 18.0 Å². The Morgan fingerprint density at radius 3 is 2.67 bits per heavy atom. The largest absolute Gasteiger partial charge is 0.357 e. The quantitative estimate of drug-likeness (QED) is 0.855. The van der Waals surface area contributed by atoms with E-state index < -0.39 is 0 Å². The van der Waals surface area contributed by atoms with E-state index in [4.69, 9.17) is 0 Å². The van der Waals surface area contributed by atoms with Crippen LogP contribution < -0.4 is 4.90 Å². The molecule has 2 aromatic rings. The van der Waals surface area contributed by atoms with Crippen LogP contribution >= 0.6 is 15.9 Å². The number of pyridine rings is 1. The molecule has 0 aromatic carbocycles. The predicted octanol–water partition coefficient (Wildman–Crippen LogP) is 3.15. The Labute approximate surface area is 132 Å². The third-order valence-corrected chi connectivity index (χ3v) is 4.93. The average Bonchev–Trinajstić information content (AvgIpc) is 3.25. The SMILES string of the molecule is Brc1ccnc(N2CCC(c3nncn3C3CC3)CC2)c1. The van der Waals surface area contributed by atoms with Crippen LogP contribution in [-0.2, 0) is 0 Å².